The van der Waals surface area contributed by atoms with E-state index in [1.54, 1.807) is 12.1 Å². The first-order chi connectivity index (χ1) is 12.9. The second-order valence-electron chi connectivity index (χ2n) is 6.15. The number of nitrogens with zero attached hydrogens (tertiary/aromatic N) is 2. The van der Waals surface area contributed by atoms with E-state index in [4.69, 9.17) is 16.6 Å². The SMILES string of the molecule is CCN(CC)c1ccc(C=C2C(=O)NC(=S)N(c3cccc(C)c3)C2=O)o1. The van der Waals surface area contributed by atoms with Gasteiger partial charge < -0.3 is 9.32 Å². The second-order valence-corrected chi connectivity index (χ2v) is 6.53. The average Bonchev–Trinajstić information content (AvgIpc) is 3.08. The summed E-state index contributed by atoms with van der Waals surface area (Å²) in [6, 6.07) is 10.9. The lowest BCUT2D eigenvalue weighted by Crippen LogP contribution is -2.54. The highest BCUT2D eigenvalue weighted by atomic mass is 32.1. The largest absolute Gasteiger partial charge is 0.441 e. The van der Waals surface area contributed by atoms with Crippen LogP contribution in [0, 0.1) is 6.92 Å². The Kier molecular flexibility index (Phi) is 5.41. The highest BCUT2D eigenvalue weighted by Crippen LogP contribution is 2.25. The fourth-order valence-corrected chi connectivity index (χ4v) is 3.21. The van der Waals surface area contributed by atoms with Crippen LogP contribution in [0.1, 0.15) is 25.2 Å². The molecule has 0 atom stereocenters. The number of furan rings is 1. The predicted molar refractivity (Wildman–Crippen MR) is 110 cm³/mol. The van der Waals surface area contributed by atoms with E-state index in [9.17, 15) is 9.59 Å². The Morgan fingerprint density at radius 2 is 1.93 bits per heavy atom. The van der Waals surface area contributed by atoms with Crippen molar-refractivity contribution in [2.75, 3.05) is 22.9 Å². The van der Waals surface area contributed by atoms with Crippen LogP contribution in [-0.4, -0.2) is 30.0 Å². The Hall–Kier alpha value is -2.93. The molecule has 1 aliphatic heterocycles. The Morgan fingerprint density at radius 1 is 1.19 bits per heavy atom. The third-order valence-corrected chi connectivity index (χ3v) is 4.62. The molecule has 0 bridgehead atoms. The Balaban J connectivity index is 1.95. The van der Waals surface area contributed by atoms with E-state index in [2.05, 4.69) is 5.32 Å². The van der Waals surface area contributed by atoms with Gasteiger partial charge in [-0.1, -0.05) is 12.1 Å². The van der Waals surface area contributed by atoms with Gasteiger partial charge in [0.1, 0.15) is 11.3 Å². The minimum absolute atomic E-state index is 0.0226. The maximum absolute atomic E-state index is 13.0. The van der Waals surface area contributed by atoms with E-state index in [1.165, 1.54) is 11.0 Å². The number of hydrogen-bond donors (Lipinski definition) is 1. The lowest BCUT2D eigenvalue weighted by molar-refractivity contribution is -0.122. The zero-order valence-electron chi connectivity index (χ0n) is 15.5. The van der Waals surface area contributed by atoms with Crippen molar-refractivity contribution in [1.82, 2.24) is 5.32 Å². The molecule has 1 aliphatic rings. The summed E-state index contributed by atoms with van der Waals surface area (Å²) in [6.45, 7) is 7.59. The minimum atomic E-state index is -0.533. The third kappa shape index (κ3) is 3.78. The van der Waals surface area contributed by atoms with Gasteiger partial charge in [0.25, 0.3) is 11.8 Å². The molecule has 0 radical (unpaired) electrons. The van der Waals surface area contributed by atoms with Crippen molar-refractivity contribution in [2.45, 2.75) is 20.8 Å². The van der Waals surface area contributed by atoms with Crippen molar-refractivity contribution < 1.29 is 14.0 Å². The van der Waals surface area contributed by atoms with E-state index >= 15 is 0 Å². The Morgan fingerprint density at radius 3 is 2.59 bits per heavy atom. The number of carbonyl (C=O) groups excluding carboxylic acids is 2. The van der Waals surface area contributed by atoms with Crippen molar-refractivity contribution in [3.63, 3.8) is 0 Å². The maximum atomic E-state index is 13.0. The van der Waals surface area contributed by atoms with E-state index in [0.29, 0.717) is 17.3 Å². The first-order valence-electron chi connectivity index (χ1n) is 8.77. The quantitative estimate of drug-likeness (QED) is 0.488. The zero-order valence-corrected chi connectivity index (χ0v) is 16.3. The van der Waals surface area contributed by atoms with Crippen LogP contribution >= 0.6 is 12.2 Å². The number of carbonyl (C=O) groups is 2. The molecule has 2 heterocycles. The Labute approximate surface area is 163 Å². The summed E-state index contributed by atoms with van der Waals surface area (Å²) in [5, 5.41) is 2.64. The molecule has 6 nitrogen and oxygen atoms in total. The van der Waals surface area contributed by atoms with E-state index in [0.717, 1.165) is 18.7 Å². The molecular weight excluding hydrogens is 362 g/mol. The molecule has 1 N–H and O–H groups in total. The summed E-state index contributed by atoms with van der Waals surface area (Å²) < 4.78 is 5.78. The fourth-order valence-electron chi connectivity index (χ4n) is 2.93. The summed E-state index contributed by atoms with van der Waals surface area (Å²) in [6.07, 6.45) is 1.45. The summed E-state index contributed by atoms with van der Waals surface area (Å²) in [5.74, 6) is 0.124. The molecule has 7 heteroatoms. The molecule has 1 aromatic heterocycles. The van der Waals surface area contributed by atoms with Crippen molar-refractivity contribution >= 4 is 46.8 Å². The van der Waals surface area contributed by atoms with Crippen molar-refractivity contribution in [3.05, 3.63) is 53.3 Å². The molecule has 0 saturated carbocycles. The Bertz CT molecular complexity index is 928. The monoisotopic (exact) mass is 383 g/mol. The lowest BCUT2D eigenvalue weighted by Gasteiger charge is -2.29. The first-order valence-corrected chi connectivity index (χ1v) is 9.18. The average molecular weight is 383 g/mol. The predicted octanol–water partition coefficient (Wildman–Crippen LogP) is 3.27. The molecule has 0 spiro atoms. The van der Waals surface area contributed by atoms with Crippen LogP contribution in [0.25, 0.3) is 6.08 Å². The first kappa shape index (κ1) is 18.8. The molecule has 3 rings (SSSR count). The number of anilines is 2. The molecule has 2 aromatic rings. The molecule has 2 amide bonds. The summed E-state index contributed by atoms with van der Waals surface area (Å²) in [7, 11) is 0. The topological polar surface area (TPSA) is 65.8 Å². The van der Waals surface area contributed by atoms with Crippen LogP contribution in [0.3, 0.4) is 0 Å². The van der Waals surface area contributed by atoms with Crippen molar-refractivity contribution in [2.24, 2.45) is 0 Å². The van der Waals surface area contributed by atoms with Crippen molar-refractivity contribution in [3.8, 4) is 0 Å². The number of hydrogen-bond acceptors (Lipinski definition) is 5. The van der Waals surface area contributed by atoms with Gasteiger partial charge in [-0.2, -0.15) is 0 Å². The van der Waals surface area contributed by atoms with Gasteiger partial charge >= 0.3 is 0 Å². The molecular formula is C20H21N3O3S. The normalized spacial score (nSPS) is 16.0. The maximum Gasteiger partial charge on any atom is 0.270 e. The number of thiocarbonyl (C=S) groups is 1. The van der Waals surface area contributed by atoms with Gasteiger partial charge in [0.2, 0.25) is 0 Å². The zero-order chi connectivity index (χ0) is 19.6. The number of rotatable bonds is 5. The van der Waals surface area contributed by atoms with Crippen LogP contribution in [0.4, 0.5) is 11.6 Å². The van der Waals surface area contributed by atoms with Gasteiger partial charge in [-0.05, 0) is 62.8 Å². The molecule has 140 valence electrons. The highest BCUT2D eigenvalue weighted by Gasteiger charge is 2.34. The molecule has 27 heavy (non-hydrogen) atoms. The van der Waals surface area contributed by atoms with Crippen LogP contribution in [0.15, 0.2) is 46.4 Å². The second kappa shape index (κ2) is 7.75. The number of amides is 2. The fraction of sp³-hybridized carbons (Fsp3) is 0.250. The third-order valence-electron chi connectivity index (χ3n) is 4.34. The minimum Gasteiger partial charge on any atom is -0.441 e. The molecule has 0 unspecified atom stereocenters. The number of aryl methyl sites for hydroxylation is 1. The van der Waals surface area contributed by atoms with Crippen LogP contribution in [-0.2, 0) is 9.59 Å². The van der Waals surface area contributed by atoms with Gasteiger partial charge in [-0.15, -0.1) is 0 Å². The number of nitrogens with one attached hydrogen (secondary N) is 1. The molecule has 1 fully saturated rings. The van der Waals surface area contributed by atoms with E-state index in [1.807, 2.05) is 49.9 Å². The summed E-state index contributed by atoms with van der Waals surface area (Å²) in [5.41, 5.74) is 1.57. The smallest absolute Gasteiger partial charge is 0.270 e. The van der Waals surface area contributed by atoms with E-state index in [-0.39, 0.29) is 10.7 Å². The molecule has 0 aliphatic carbocycles. The van der Waals surface area contributed by atoms with Gasteiger partial charge in [-0.3, -0.25) is 19.8 Å². The van der Waals surface area contributed by atoms with Crippen LogP contribution in [0.2, 0.25) is 0 Å². The number of benzene rings is 1. The summed E-state index contributed by atoms with van der Waals surface area (Å²) >= 11 is 5.21. The van der Waals surface area contributed by atoms with Gasteiger partial charge in [0.15, 0.2) is 11.0 Å². The van der Waals surface area contributed by atoms with Crippen LogP contribution in [0.5, 0.6) is 0 Å². The summed E-state index contributed by atoms with van der Waals surface area (Å²) in [4.78, 5) is 28.7. The van der Waals surface area contributed by atoms with Crippen LogP contribution < -0.4 is 15.1 Å². The van der Waals surface area contributed by atoms with Gasteiger partial charge in [0, 0.05) is 19.2 Å². The van der Waals surface area contributed by atoms with Crippen molar-refractivity contribution in [1.29, 1.82) is 0 Å². The molecule has 1 aromatic carbocycles. The lowest BCUT2D eigenvalue weighted by atomic mass is 10.1. The van der Waals surface area contributed by atoms with E-state index < -0.39 is 11.8 Å². The van der Waals surface area contributed by atoms with Gasteiger partial charge in [0.05, 0.1) is 5.69 Å². The highest BCUT2D eigenvalue weighted by molar-refractivity contribution is 7.80. The molecule has 1 saturated heterocycles. The standard InChI is InChI=1S/C20H21N3O3S/c1-4-22(5-2)17-10-9-15(26-17)12-16-18(24)21-20(27)23(19(16)25)14-8-6-7-13(3)11-14/h6-12H,4-5H2,1-3H3,(H,21,24,27). The van der Waals surface area contributed by atoms with Gasteiger partial charge in [-0.25, -0.2) is 0 Å².